The summed E-state index contributed by atoms with van der Waals surface area (Å²) in [5, 5.41) is 12.5. The monoisotopic (exact) mass is 416 g/mol. The van der Waals surface area contributed by atoms with Gasteiger partial charge in [-0.15, -0.1) is 11.3 Å². The normalized spacial score (nSPS) is 12.9. The summed E-state index contributed by atoms with van der Waals surface area (Å²) in [6, 6.07) is 7.36. The average Bonchev–Trinajstić information content (AvgIpc) is 3.05. The van der Waals surface area contributed by atoms with E-state index < -0.39 is 0 Å². The van der Waals surface area contributed by atoms with E-state index in [1.807, 2.05) is 0 Å². The van der Waals surface area contributed by atoms with Crippen molar-refractivity contribution in [3.8, 4) is 6.07 Å². The summed E-state index contributed by atoms with van der Waals surface area (Å²) in [5.74, 6) is -0.288. The number of carbonyl (C=O) groups is 1. The predicted molar refractivity (Wildman–Crippen MR) is 104 cm³/mol. The van der Waals surface area contributed by atoms with Crippen LogP contribution >= 0.6 is 27.3 Å². The molecule has 7 heteroatoms. The van der Waals surface area contributed by atoms with Gasteiger partial charge in [0.05, 0.1) is 27.5 Å². The quantitative estimate of drug-likeness (QED) is 0.775. The van der Waals surface area contributed by atoms with Crippen LogP contribution in [0.3, 0.4) is 0 Å². The lowest BCUT2D eigenvalue weighted by Gasteiger charge is -2.10. The van der Waals surface area contributed by atoms with Gasteiger partial charge < -0.3 is 5.32 Å². The largest absolute Gasteiger partial charge is 0.319 e. The summed E-state index contributed by atoms with van der Waals surface area (Å²) in [4.78, 5) is 22.8. The molecule has 0 unspecified atom stereocenters. The predicted octanol–water partition coefficient (Wildman–Crippen LogP) is 4.56. The number of aromatic nitrogens is 1. The lowest BCUT2D eigenvalue weighted by Crippen LogP contribution is -2.13. The molecule has 0 spiro atoms. The maximum Gasteiger partial charge on any atom is 0.284 e. The number of aliphatic imine (C=N–C) groups is 1. The number of fused-ring (bicyclic) bond motifs is 1. The van der Waals surface area contributed by atoms with Crippen LogP contribution in [0.1, 0.15) is 52.1 Å². The molecule has 1 aliphatic heterocycles. The van der Waals surface area contributed by atoms with Gasteiger partial charge in [0.25, 0.3) is 5.91 Å². The van der Waals surface area contributed by atoms with Crippen LogP contribution in [0, 0.1) is 11.3 Å². The number of rotatable bonds is 5. The second-order valence-electron chi connectivity index (χ2n) is 5.71. The van der Waals surface area contributed by atoms with Crippen LogP contribution in [0.2, 0.25) is 0 Å². The number of carbonyl (C=O) groups excluding carboxylic acids is 1. The number of unbranched alkanes of at least 4 members (excludes halogenated alkanes) is 1. The number of benzene rings is 1. The number of amides is 1. The van der Waals surface area contributed by atoms with Crippen molar-refractivity contribution in [1.29, 1.82) is 5.26 Å². The van der Waals surface area contributed by atoms with Crippen LogP contribution in [0.25, 0.3) is 0 Å². The molecule has 0 aliphatic carbocycles. The molecule has 128 valence electrons. The molecule has 2 aromatic rings. The van der Waals surface area contributed by atoms with Gasteiger partial charge in [-0.3, -0.25) is 9.79 Å². The molecule has 0 saturated carbocycles. The molecule has 25 heavy (non-hydrogen) atoms. The summed E-state index contributed by atoms with van der Waals surface area (Å²) in [7, 11) is 0. The Labute approximate surface area is 158 Å². The molecule has 0 radical (unpaired) electrons. The highest BCUT2D eigenvalue weighted by atomic mass is 79.9. The van der Waals surface area contributed by atoms with Gasteiger partial charge in [0.1, 0.15) is 6.07 Å². The molecule has 0 fully saturated rings. The van der Waals surface area contributed by atoms with Gasteiger partial charge in [0.15, 0.2) is 5.01 Å². The number of halogens is 1. The Hall–Kier alpha value is -2.04. The van der Waals surface area contributed by atoms with E-state index in [1.54, 1.807) is 18.2 Å². The molecule has 0 atom stereocenters. The van der Waals surface area contributed by atoms with Crippen molar-refractivity contribution in [1.82, 2.24) is 4.98 Å². The Morgan fingerprint density at radius 1 is 1.48 bits per heavy atom. The molecule has 1 aliphatic rings. The Morgan fingerprint density at radius 2 is 2.32 bits per heavy atom. The van der Waals surface area contributed by atoms with Gasteiger partial charge in [-0.25, -0.2) is 4.98 Å². The van der Waals surface area contributed by atoms with Gasteiger partial charge in [-0.1, -0.05) is 19.4 Å². The number of thiazole rings is 1. The van der Waals surface area contributed by atoms with Crippen molar-refractivity contribution < 1.29 is 4.79 Å². The number of nitrogens with zero attached hydrogens (tertiary/aromatic N) is 3. The Bertz CT molecular complexity index is 882. The summed E-state index contributed by atoms with van der Waals surface area (Å²) in [6.07, 6.45) is 3.90. The minimum absolute atomic E-state index is 0.288. The molecule has 1 aromatic carbocycles. The number of hydrogen-bond donors (Lipinski definition) is 1. The molecule has 1 aromatic heterocycles. The standard InChI is InChI=1S/C18H17BrN4OS/c1-2-3-6-14-16-15(8-9-21-14)23-18(25-16)17(24)22-13-7-4-5-12(19)11(13)10-20/h4-5,7H,2-3,6,8-9H2,1H3,(H,22,24). The number of nitrogens with one attached hydrogen (secondary N) is 1. The minimum atomic E-state index is -0.288. The van der Waals surface area contributed by atoms with Gasteiger partial charge in [0.2, 0.25) is 0 Å². The molecule has 0 bridgehead atoms. The van der Waals surface area contributed by atoms with E-state index in [-0.39, 0.29) is 5.91 Å². The second kappa shape index (κ2) is 7.89. The Balaban J connectivity index is 1.83. The SMILES string of the molecule is CCCCC1=NCCc2nc(C(=O)Nc3cccc(Br)c3C#N)sc21. The Kier molecular flexibility index (Phi) is 5.61. The van der Waals surface area contributed by atoms with Crippen LogP contribution in [-0.4, -0.2) is 23.1 Å². The summed E-state index contributed by atoms with van der Waals surface area (Å²) >= 11 is 4.72. The van der Waals surface area contributed by atoms with Crippen molar-refractivity contribution in [2.45, 2.75) is 32.6 Å². The van der Waals surface area contributed by atoms with Crippen molar-refractivity contribution in [2.24, 2.45) is 4.99 Å². The lowest BCUT2D eigenvalue weighted by molar-refractivity contribution is 0.102. The maximum absolute atomic E-state index is 12.6. The van der Waals surface area contributed by atoms with Gasteiger partial charge in [0, 0.05) is 17.4 Å². The van der Waals surface area contributed by atoms with Crippen molar-refractivity contribution in [3.63, 3.8) is 0 Å². The van der Waals surface area contributed by atoms with E-state index in [4.69, 9.17) is 0 Å². The zero-order chi connectivity index (χ0) is 17.8. The van der Waals surface area contributed by atoms with Crippen molar-refractivity contribution in [2.75, 3.05) is 11.9 Å². The maximum atomic E-state index is 12.6. The molecule has 2 heterocycles. The van der Waals surface area contributed by atoms with E-state index >= 15 is 0 Å². The van der Waals surface area contributed by atoms with Crippen LogP contribution in [0.15, 0.2) is 27.7 Å². The van der Waals surface area contributed by atoms with Crippen LogP contribution in [0.5, 0.6) is 0 Å². The number of hydrogen-bond acceptors (Lipinski definition) is 5. The number of nitriles is 1. The summed E-state index contributed by atoms with van der Waals surface area (Å²) in [6.45, 7) is 2.89. The number of anilines is 1. The molecule has 1 N–H and O–H groups in total. The fourth-order valence-corrected chi connectivity index (χ4v) is 4.16. The highest BCUT2D eigenvalue weighted by molar-refractivity contribution is 9.10. The van der Waals surface area contributed by atoms with Gasteiger partial charge in [-0.05, 0) is 40.9 Å². The van der Waals surface area contributed by atoms with E-state index in [0.29, 0.717) is 20.7 Å². The van der Waals surface area contributed by atoms with Crippen LogP contribution < -0.4 is 5.32 Å². The lowest BCUT2D eigenvalue weighted by atomic mass is 10.1. The molecule has 0 saturated heterocycles. The third-order valence-electron chi connectivity index (χ3n) is 3.95. The van der Waals surface area contributed by atoms with E-state index in [2.05, 4.69) is 44.2 Å². The highest BCUT2D eigenvalue weighted by Gasteiger charge is 2.23. The van der Waals surface area contributed by atoms with E-state index in [9.17, 15) is 10.1 Å². The smallest absolute Gasteiger partial charge is 0.284 e. The topological polar surface area (TPSA) is 78.1 Å². The van der Waals surface area contributed by atoms with Crippen molar-refractivity contribution in [3.05, 3.63) is 43.8 Å². The first-order valence-corrected chi connectivity index (χ1v) is 9.78. The van der Waals surface area contributed by atoms with Crippen LogP contribution in [0.4, 0.5) is 5.69 Å². The molecule has 5 nitrogen and oxygen atoms in total. The fourth-order valence-electron chi connectivity index (χ4n) is 2.67. The molecule has 3 rings (SSSR count). The van der Waals surface area contributed by atoms with Crippen molar-refractivity contribution >= 4 is 44.6 Å². The average molecular weight is 417 g/mol. The first-order chi connectivity index (χ1) is 12.1. The second-order valence-corrected chi connectivity index (χ2v) is 7.56. The zero-order valence-electron chi connectivity index (χ0n) is 13.8. The summed E-state index contributed by atoms with van der Waals surface area (Å²) < 4.78 is 0.653. The van der Waals surface area contributed by atoms with Crippen LogP contribution in [-0.2, 0) is 6.42 Å². The van der Waals surface area contributed by atoms with E-state index in [1.165, 1.54) is 11.3 Å². The first kappa shape index (κ1) is 17.8. The minimum Gasteiger partial charge on any atom is -0.319 e. The fraction of sp³-hybridized carbons (Fsp3) is 0.333. The molecule has 1 amide bonds. The summed E-state index contributed by atoms with van der Waals surface area (Å²) in [5.41, 5.74) is 2.92. The molecular weight excluding hydrogens is 400 g/mol. The van der Waals surface area contributed by atoms with E-state index in [0.717, 1.165) is 48.5 Å². The Morgan fingerprint density at radius 3 is 3.08 bits per heavy atom. The highest BCUT2D eigenvalue weighted by Crippen LogP contribution is 2.28. The zero-order valence-corrected chi connectivity index (χ0v) is 16.2. The molecular formula is C18H17BrN4OS. The first-order valence-electron chi connectivity index (χ1n) is 8.17. The van der Waals surface area contributed by atoms with Gasteiger partial charge >= 0.3 is 0 Å². The third-order valence-corrected chi connectivity index (χ3v) is 5.75. The third kappa shape index (κ3) is 3.80. The van der Waals surface area contributed by atoms with Gasteiger partial charge in [-0.2, -0.15) is 5.26 Å².